The standard InChI is InChI=1S/C18H19Cl2N/c1-21(2)18-14-6-4-3-5-12(14)7-9-15(18)13-8-10-16(19)17(20)11-13/h3-6,8,10-11,15,18H,7,9H2,1-2H3/t15-,18-/m0/s1. The first-order valence-electron chi connectivity index (χ1n) is 7.27. The van der Waals surface area contributed by atoms with E-state index >= 15 is 0 Å². The summed E-state index contributed by atoms with van der Waals surface area (Å²) in [4.78, 5) is 2.31. The van der Waals surface area contributed by atoms with Gasteiger partial charge < -0.3 is 4.90 Å². The summed E-state index contributed by atoms with van der Waals surface area (Å²) in [7, 11) is 4.30. The molecule has 0 aliphatic heterocycles. The highest BCUT2D eigenvalue weighted by Crippen LogP contribution is 2.44. The van der Waals surface area contributed by atoms with Gasteiger partial charge in [-0.05, 0) is 55.8 Å². The van der Waals surface area contributed by atoms with E-state index in [-0.39, 0.29) is 0 Å². The third kappa shape index (κ3) is 2.83. The average Bonchev–Trinajstić information content (AvgIpc) is 2.48. The smallest absolute Gasteiger partial charge is 0.0595 e. The van der Waals surface area contributed by atoms with Crippen molar-refractivity contribution < 1.29 is 0 Å². The van der Waals surface area contributed by atoms with E-state index in [1.165, 1.54) is 16.7 Å². The lowest BCUT2D eigenvalue weighted by Gasteiger charge is -2.38. The molecule has 0 spiro atoms. The topological polar surface area (TPSA) is 3.24 Å². The minimum Gasteiger partial charge on any atom is -0.302 e. The van der Waals surface area contributed by atoms with Gasteiger partial charge in [0.05, 0.1) is 10.0 Å². The number of hydrogen-bond donors (Lipinski definition) is 0. The Morgan fingerprint density at radius 1 is 1.00 bits per heavy atom. The van der Waals surface area contributed by atoms with E-state index in [9.17, 15) is 0 Å². The maximum Gasteiger partial charge on any atom is 0.0595 e. The molecule has 110 valence electrons. The van der Waals surface area contributed by atoms with Crippen LogP contribution in [0.15, 0.2) is 42.5 Å². The lowest BCUT2D eigenvalue weighted by atomic mass is 9.76. The van der Waals surface area contributed by atoms with Crippen molar-refractivity contribution in [2.45, 2.75) is 24.8 Å². The SMILES string of the molecule is CN(C)[C@H]1c2ccccc2CC[C@H]1c1ccc(Cl)c(Cl)c1. The molecule has 1 aliphatic carbocycles. The second-order valence-electron chi connectivity index (χ2n) is 5.93. The molecule has 0 N–H and O–H groups in total. The third-order valence-corrected chi connectivity index (χ3v) is 5.15. The molecule has 0 amide bonds. The summed E-state index contributed by atoms with van der Waals surface area (Å²) in [5, 5.41) is 1.27. The van der Waals surface area contributed by atoms with Gasteiger partial charge in [0.15, 0.2) is 0 Å². The molecule has 1 nitrogen and oxygen atoms in total. The predicted molar refractivity (Wildman–Crippen MR) is 90.4 cm³/mol. The maximum atomic E-state index is 6.22. The molecule has 0 bridgehead atoms. The van der Waals surface area contributed by atoms with Crippen LogP contribution < -0.4 is 0 Å². The lowest BCUT2D eigenvalue weighted by Crippen LogP contribution is -2.30. The van der Waals surface area contributed by atoms with Crippen molar-refractivity contribution in [2.24, 2.45) is 0 Å². The minimum atomic E-state index is 0.382. The molecule has 0 unspecified atom stereocenters. The Morgan fingerprint density at radius 3 is 2.48 bits per heavy atom. The van der Waals surface area contributed by atoms with Gasteiger partial charge in [0, 0.05) is 12.0 Å². The van der Waals surface area contributed by atoms with Crippen molar-refractivity contribution >= 4 is 23.2 Å². The van der Waals surface area contributed by atoms with Crippen molar-refractivity contribution in [1.82, 2.24) is 4.90 Å². The molecule has 2 aromatic rings. The summed E-state index contributed by atoms with van der Waals surface area (Å²) in [6.45, 7) is 0. The molecule has 3 rings (SSSR count). The van der Waals surface area contributed by atoms with Gasteiger partial charge >= 0.3 is 0 Å². The number of aryl methyl sites for hydroxylation is 1. The second kappa shape index (κ2) is 6.00. The summed E-state index contributed by atoms with van der Waals surface area (Å²) in [5.41, 5.74) is 4.18. The van der Waals surface area contributed by atoms with E-state index in [2.05, 4.69) is 49.3 Å². The molecule has 2 aromatic carbocycles. The molecule has 0 radical (unpaired) electrons. The van der Waals surface area contributed by atoms with Crippen molar-refractivity contribution in [3.05, 3.63) is 69.2 Å². The highest BCUT2D eigenvalue weighted by atomic mass is 35.5. The molecule has 0 fully saturated rings. The quantitative estimate of drug-likeness (QED) is 0.723. The Labute approximate surface area is 136 Å². The van der Waals surface area contributed by atoms with Crippen LogP contribution in [-0.2, 0) is 6.42 Å². The van der Waals surface area contributed by atoms with Gasteiger partial charge in [-0.15, -0.1) is 0 Å². The first-order valence-corrected chi connectivity index (χ1v) is 8.02. The largest absolute Gasteiger partial charge is 0.302 e. The summed E-state index contributed by atoms with van der Waals surface area (Å²) in [5.74, 6) is 0.449. The van der Waals surface area contributed by atoms with Gasteiger partial charge in [-0.1, -0.05) is 53.5 Å². The van der Waals surface area contributed by atoms with Crippen LogP contribution in [-0.4, -0.2) is 19.0 Å². The highest BCUT2D eigenvalue weighted by Gasteiger charge is 2.32. The van der Waals surface area contributed by atoms with E-state index in [1.54, 1.807) is 0 Å². The first-order chi connectivity index (χ1) is 10.1. The van der Waals surface area contributed by atoms with Gasteiger partial charge in [-0.3, -0.25) is 0 Å². The van der Waals surface area contributed by atoms with Gasteiger partial charge in [0.1, 0.15) is 0 Å². The molecule has 21 heavy (non-hydrogen) atoms. The van der Waals surface area contributed by atoms with Crippen LogP contribution >= 0.6 is 23.2 Å². The highest BCUT2D eigenvalue weighted by molar-refractivity contribution is 6.42. The molecule has 2 atom stereocenters. The zero-order valence-corrected chi connectivity index (χ0v) is 13.8. The summed E-state index contributed by atoms with van der Waals surface area (Å²) in [6, 6.07) is 15.2. The summed E-state index contributed by atoms with van der Waals surface area (Å²) in [6.07, 6.45) is 2.25. The number of fused-ring (bicyclic) bond motifs is 1. The predicted octanol–water partition coefficient (Wildman–Crippen LogP) is 5.33. The zero-order chi connectivity index (χ0) is 15.0. The van der Waals surface area contributed by atoms with Crippen LogP contribution in [0.3, 0.4) is 0 Å². The molecular formula is C18H19Cl2N. The van der Waals surface area contributed by atoms with Crippen LogP contribution in [0, 0.1) is 0 Å². The molecule has 0 saturated heterocycles. The van der Waals surface area contributed by atoms with Crippen molar-refractivity contribution in [1.29, 1.82) is 0 Å². The Balaban J connectivity index is 2.04. The lowest BCUT2D eigenvalue weighted by molar-refractivity contribution is 0.237. The maximum absolute atomic E-state index is 6.22. The van der Waals surface area contributed by atoms with Crippen LogP contribution in [0.1, 0.15) is 35.1 Å². The van der Waals surface area contributed by atoms with Crippen LogP contribution in [0.4, 0.5) is 0 Å². The Bertz CT molecular complexity index is 651. The Morgan fingerprint density at radius 2 is 1.76 bits per heavy atom. The fourth-order valence-electron chi connectivity index (χ4n) is 3.47. The zero-order valence-electron chi connectivity index (χ0n) is 12.3. The number of benzene rings is 2. The van der Waals surface area contributed by atoms with Crippen molar-refractivity contribution in [2.75, 3.05) is 14.1 Å². The third-order valence-electron chi connectivity index (χ3n) is 4.41. The minimum absolute atomic E-state index is 0.382. The fraction of sp³-hybridized carbons (Fsp3) is 0.333. The number of likely N-dealkylation sites (N-methyl/N-ethyl adjacent to an activating group) is 1. The molecule has 1 aliphatic rings. The van der Waals surface area contributed by atoms with Crippen molar-refractivity contribution in [3.63, 3.8) is 0 Å². The molecule has 0 heterocycles. The van der Waals surface area contributed by atoms with Gasteiger partial charge in [0.25, 0.3) is 0 Å². The van der Waals surface area contributed by atoms with Crippen LogP contribution in [0.2, 0.25) is 10.0 Å². The monoisotopic (exact) mass is 319 g/mol. The van der Waals surface area contributed by atoms with E-state index in [0.717, 1.165) is 12.8 Å². The average molecular weight is 320 g/mol. The van der Waals surface area contributed by atoms with E-state index < -0.39 is 0 Å². The normalized spacial score (nSPS) is 21.4. The van der Waals surface area contributed by atoms with Crippen LogP contribution in [0.5, 0.6) is 0 Å². The number of halogens is 2. The van der Waals surface area contributed by atoms with E-state index in [0.29, 0.717) is 22.0 Å². The number of nitrogens with zero attached hydrogens (tertiary/aromatic N) is 1. The number of rotatable bonds is 2. The molecule has 0 saturated carbocycles. The van der Waals surface area contributed by atoms with E-state index in [4.69, 9.17) is 23.2 Å². The Kier molecular flexibility index (Phi) is 4.26. The van der Waals surface area contributed by atoms with Crippen LogP contribution in [0.25, 0.3) is 0 Å². The van der Waals surface area contributed by atoms with E-state index in [1.807, 2.05) is 12.1 Å². The summed E-state index contributed by atoms with van der Waals surface area (Å²) < 4.78 is 0. The van der Waals surface area contributed by atoms with Gasteiger partial charge in [0.2, 0.25) is 0 Å². The first kappa shape index (κ1) is 14.9. The second-order valence-corrected chi connectivity index (χ2v) is 6.74. The van der Waals surface area contributed by atoms with Gasteiger partial charge in [-0.2, -0.15) is 0 Å². The Hall–Kier alpha value is -1.02. The van der Waals surface area contributed by atoms with Gasteiger partial charge in [-0.25, -0.2) is 0 Å². The summed E-state index contributed by atoms with van der Waals surface area (Å²) >= 11 is 12.3. The van der Waals surface area contributed by atoms with Crippen molar-refractivity contribution in [3.8, 4) is 0 Å². The molecule has 3 heteroatoms. The molecule has 0 aromatic heterocycles. The molecular weight excluding hydrogens is 301 g/mol. The number of hydrogen-bond acceptors (Lipinski definition) is 1. The fourth-order valence-corrected chi connectivity index (χ4v) is 3.77.